The SMILES string of the molecule is COC(=O)c1cc(NC(=O)c2ccn(COc3ccccc3C)n2)cc(C(=O)OC)c1. The summed E-state index contributed by atoms with van der Waals surface area (Å²) in [6.07, 6.45) is 1.61. The quantitative estimate of drug-likeness (QED) is 0.582. The molecule has 1 N–H and O–H groups in total. The Kier molecular flexibility index (Phi) is 6.66. The lowest BCUT2D eigenvalue weighted by atomic mass is 10.1. The highest BCUT2D eigenvalue weighted by molar-refractivity contribution is 6.04. The molecular weight excluding hydrogens is 402 g/mol. The van der Waals surface area contributed by atoms with Gasteiger partial charge in [0.05, 0.1) is 25.3 Å². The van der Waals surface area contributed by atoms with Gasteiger partial charge in [0.25, 0.3) is 5.91 Å². The number of nitrogens with zero attached hydrogens (tertiary/aromatic N) is 2. The van der Waals surface area contributed by atoms with Gasteiger partial charge in [-0.3, -0.25) is 4.79 Å². The smallest absolute Gasteiger partial charge is 0.337 e. The van der Waals surface area contributed by atoms with Crippen LogP contribution < -0.4 is 10.1 Å². The van der Waals surface area contributed by atoms with E-state index in [1.54, 1.807) is 6.20 Å². The maximum absolute atomic E-state index is 12.6. The largest absolute Gasteiger partial charge is 0.471 e. The van der Waals surface area contributed by atoms with Gasteiger partial charge in [-0.05, 0) is 42.8 Å². The van der Waals surface area contributed by atoms with Crippen LogP contribution in [0.15, 0.2) is 54.7 Å². The van der Waals surface area contributed by atoms with E-state index < -0.39 is 17.8 Å². The van der Waals surface area contributed by atoms with E-state index in [0.717, 1.165) is 11.3 Å². The van der Waals surface area contributed by atoms with Crippen LogP contribution in [0.5, 0.6) is 5.75 Å². The highest BCUT2D eigenvalue weighted by atomic mass is 16.5. The summed E-state index contributed by atoms with van der Waals surface area (Å²) in [5, 5.41) is 6.82. The molecule has 1 amide bonds. The first-order valence-electron chi connectivity index (χ1n) is 9.26. The van der Waals surface area contributed by atoms with Crippen LogP contribution >= 0.6 is 0 Å². The molecule has 1 aromatic heterocycles. The first-order valence-corrected chi connectivity index (χ1v) is 9.26. The van der Waals surface area contributed by atoms with E-state index in [9.17, 15) is 14.4 Å². The van der Waals surface area contributed by atoms with Crippen molar-refractivity contribution in [2.75, 3.05) is 19.5 Å². The van der Waals surface area contributed by atoms with Crippen molar-refractivity contribution in [2.45, 2.75) is 13.7 Å². The fourth-order valence-corrected chi connectivity index (χ4v) is 2.78. The summed E-state index contributed by atoms with van der Waals surface area (Å²) in [6.45, 7) is 2.06. The van der Waals surface area contributed by atoms with E-state index in [2.05, 4.69) is 10.4 Å². The van der Waals surface area contributed by atoms with Crippen molar-refractivity contribution < 1.29 is 28.6 Å². The van der Waals surface area contributed by atoms with Crippen LogP contribution in [0.3, 0.4) is 0 Å². The minimum absolute atomic E-state index is 0.0952. The van der Waals surface area contributed by atoms with Crippen LogP contribution in [-0.4, -0.2) is 41.8 Å². The zero-order valence-electron chi connectivity index (χ0n) is 17.2. The molecule has 9 nitrogen and oxygen atoms in total. The number of para-hydroxylation sites is 1. The van der Waals surface area contributed by atoms with Crippen molar-refractivity contribution in [2.24, 2.45) is 0 Å². The van der Waals surface area contributed by atoms with Crippen LogP contribution in [0.25, 0.3) is 0 Å². The lowest BCUT2D eigenvalue weighted by Crippen LogP contribution is -2.16. The topological polar surface area (TPSA) is 109 Å². The predicted molar refractivity (Wildman–Crippen MR) is 111 cm³/mol. The number of anilines is 1. The first-order chi connectivity index (χ1) is 14.9. The molecule has 1 heterocycles. The summed E-state index contributed by atoms with van der Waals surface area (Å²) in [7, 11) is 2.44. The van der Waals surface area contributed by atoms with Gasteiger partial charge in [0.1, 0.15) is 5.75 Å². The van der Waals surface area contributed by atoms with Gasteiger partial charge in [0.15, 0.2) is 12.4 Å². The number of hydrogen-bond acceptors (Lipinski definition) is 7. The number of aryl methyl sites for hydroxylation is 1. The number of amides is 1. The Morgan fingerprint density at radius 2 is 1.61 bits per heavy atom. The number of ether oxygens (including phenoxy) is 3. The predicted octanol–water partition coefficient (Wildman–Crippen LogP) is 3.05. The second kappa shape index (κ2) is 9.57. The molecule has 2 aromatic carbocycles. The monoisotopic (exact) mass is 423 g/mol. The normalized spacial score (nSPS) is 10.3. The average Bonchev–Trinajstić information content (AvgIpc) is 3.26. The Labute approximate surface area is 178 Å². The average molecular weight is 423 g/mol. The molecule has 0 saturated carbocycles. The fourth-order valence-electron chi connectivity index (χ4n) is 2.78. The standard InChI is InChI=1S/C22H21N3O6/c1-14-6-4-5-7-19(14)31-13-25-9-8-18(24-25)20(26)23-17-11-15(21(27)29-2)10-16(12-17)22(28)30-3/h4-12H,13H2,1-3H3,(H,23,26). The van der Waals surface area contributed by atoms with Crippen LogP contribution in [0.1, 0.15) is 36.8 Å². The molecule has 0 aliphatic heterocycles. The molecule has 0 atom stereocenters. The van der Waals surface area contributed by atoms with Gasteiger partial charge in [-0.2, -0.15) is 5.10 Å². The zero-order valence-corrected chi connectivity index (χ0v) is 17.2. The number of methoxy groups -OCH3 is 2. The second-order valence-corrected chi connectivity index (χ2v) is 6.52. The van der Waals surface area contributed by atoms with Gasteiger partial charge in [0, 0.05) is 11.9 Å². The maximum Gasteiger partial charge on any atom is 0.337 e. The first kappa shape index (κ1) is 21.6. The molecule has 0 aliphatic carbocycles. The van der Waals surface area contributed by atoms with E-state index in [-0.39, 0.29) is 29.2 Å². The zero-order chi connectivity index (χ0) is 22.4. The number of esters is 2. The van der Waals surface area contributed by atoms with Crippen LogP contribution in [-0.2, 0) is 16.2 Å². The summed E-state index contributed by atoms with van der Waals surface area (Å²) in [5.41, 5.74) is 1.53. The van der Waals surface area contributed by atoms with Crippen molar-refractivity contribution in [3.05, 3.63) is 77.1 Å². The highest BCUT2D eigenvalue weighted by Gasteiger charge is 2.16. The Morgan fingerprint density at radius 1 is 0.968 bits per heavy atom. The van der Waals surface area contributed by atoms with Gasteiger partial charge >= 0.3 is 11.9 Å². The van der Waals surface area contributed by atoms with Crippen molar-refractivity contribution in [1.82, 2.24) is 9.78 Å². The van der Waals surface area contributed by atoms with E-state index in [1.807, 2.05) is 31.2 Å². The molecule has 0 spiro atoms. The molecule has 0 unspecified atom stereocenters. The lowest BCUT2D eigenvalue weighted by molar-refractivity contribution is 0.0599. The molecule has 0 radical (unpaired) electrons. The molecule has 0 bridgehead atoms. The Balaban J connectivity index is 1.73. The molecule has 3 rings (SSSR count). The molecule has 31 heavy (non-hydrogen) atoms. The Hall–Kier alpha value is -4.14. The number of benzene rings is 2. The van der Waals surface area contributed by atoms with E-state index in [4.69, 9.17) is 14.2 Å². The number of carbonyl (C=O) groups excluding carboxylic acids is 3. The van der Waals surface area contributed by atoms with E-state index in [0.29, 0.717) is 0 Å². The van der Waals surface area contributed by atoms with Gasteiger partial charge in [-0.15, -0.1) is 0 Å². The number of nitrogens with one attached hydrogen (secondary N) is 1. The van der Waals surface area contributed by atoms with E-state index >= 15 is 0 Å². The number of carbonyl (C=O) groups is 3. The summed E-state index contributed by atoms with van der Waals surface area (Å²) < 4.78 is 16.6. The molecule has 9 heteroatoms. The lowest BCUT2D eigenvalue weighted by Gasteiger charge is -2.09. The fraction of sp³-hybridized carbons (Fsp3) is 0.182. The summed E-state index contributed by atoms with van der Waals surface area (Å²) >= 11 is 0. The molecule has 0 saturated heterocycles. The van der Waals surface area contributed by atoms with Gasteiger partial charge < -0.3 is 19.5 Å². The van der Waals surface area contributed by atoms with Crippen molar-refractivity contribution in [3.8, 4) is 5.75 Å². The van der Waals surface area contributed by atoms with Crippen molar-refractivity contribution in [3.63, 3.8) is 0 Å². The van der Waals surface area contributed by atoms with Crippen molar-refractivity contribution >= 4 is 23.5 Å². The summed E-state index contributed by atoms with van der Waals surface area (Å²) in [6, 6.07) is 13.2. The van der Waals surface area contributed by atoms with Crippen LogP contribution in [0.2, 0.25) is 0 Å². The van der Waals surface area contributed by atoms with E-state index in [1.165, 1.54) is 43.2 Å². The minimum atomic E-state index is -0.654. The molecule has 3 aromatic rings. The highest BCUT2D eigenvalue weighted by Crippen LogP contribution is 2.19. The van der Waals surface area contributed by atoms with Crippen molar-refractivity contribution in [1.29, 1.82) is 0 Å². The number of hydrogen-bond donors (Lipinski definition) is 1. The molecule has 0 aliphatic rings. The number of aromatic nitrogens is 2. The third-order valence-electron chi connectivity index (χ3n) is 4.35. The van der Waals surface area contributed by atoms with Gasteiger partial charge in [0.2, 0.25) is 0 Å². The molecule has 160 valence electrons. The van der Waals surface area contributed by atoms with Crippen LogP contribution in [0, 0.1) is 6.92 Å². The third-order valence-corrected chi connectivity index (χ3v) is 4.35. The minimum Gasteiger partial charge on any atom is -0.471 e. The summed E-state index contributed by atoms with van der Waals surface area (Å²) in [4.78, 5) is 36.4. The van der Waals surface area contributed by atoms with Gasteiger partial charge in [-0.1, -0.05) is 18.2 Å². The number of rotatable bonds is 7. The second-order valence-electron chi connectivity index (χ2n) is 6.52. The third kappa shape index (κ3) is 5.27. The molecular formula is C22H21N3O6. The summed E-state index contributed by atoms with van der Waals surface area (Å²) in [5.74, 6) is -1.11. The Morgan fingerprint density at radius 3 is 2.23 bits per heavy atom. The Bertz CT molecular complexity index is 1090. The van der Waals surface area contributed by atoms with Crippen LogP contribution in [0.4, 0.5) is 5.69 Å². The maximum atomic E-state index is 12.6. The van der Waals surface area contributed by atoms with Gasteiger partial charge in [-0.25, -0.2) is 14.3 Å². The molecule has 0 fully saturated rings.